The molecule has 16 heavy (non-hydrogen) atoms. The summed E-state index contributed by atoms with van der Waals surface area (Å²) in [7, 11) is 0. The second kappa shape index (κ2) is 4.74. The fourth-order valence-corrected chi connectivity index (χ4v) is 3.04. The molecule has 2 aliphatic rings. The first-order valence-electron chi connectivity index (χ1n) is 6.67. The number of nitrogens with two attached hydrogens (primary N) is 1. The van der Waals surface area contributed by atoms with Crippen LogP contribution in [0.3, 0.4) is 0 Å². The highest BCUT2D eigenvalue weighted by Crippen LogP contribution is 2.36. The first-order chi connectivity index (χ1) is 7.65. The van der Waals surface area contributed by atoms with Gasteiger partial charge >= 0.3 is 0 Å². The molecule has 2 saturated carbocycles. The van der Waals surface area contributed by atoms with Gasteiger partial charge in [0.25, 0.3) is 0 Å². The molecule has 2 aliphatic carbocycles. The fourth-order valence-electron chi connectivity index (χ4n) is 3.04. The summed E-state index contributed by atoms with van der Waals surface area (Å²) in [4.78, 5) is 14.6. The molecule has 0 aromatic heterocycles. The summed E-state index contributed by atoms with van der Waals surface area (Å²) < 4.78 is 0. The highest BCUT2D eigenvalue weighted by atomic mass is 16.2. The molecule has 2 atom stereocenters. The molecule has 92 valence electrons. The predicted molar refractivity (Wildman–Crippen MR) is 64.9 cm³/mol. The molecule has 0 saturated heterocycles. The zero-order valence-corrected chi connectivity index (χ0v) is 10.5. The minimum Gasteiger partial charge on any atom is -0.337 e. The van der Waals surface area contributed by atoms with Crippen molar-refractivity contribution in [3.8, 4) is 0 Å². The van der Waals surface area contributed by atoms with Crippen LogP contribution in [0.4, 0.5) is 0 Å². The number of amides is 1. The summed E-state index contributed by atoms with van der Waals surface area (Å²) in [6.07, 6.45) is 5.77. The van der Waals surface area contributed by atoms with Crippen LogP contribution in [0, 0.1) is 11.8 Å². The van der Waals surface area contributed by atoms with Gasteiger partial charge in [-0.1, -0.05) is 6.42 Å². The van der Waals surface area contributed by atoms with E-state index in [0.717, 1.165) is 12.8 Å². The van der Waals surface area contributed by atoms with Gasteiger partial charge < -0.3 is 10.6 Å². The molecular weight excluding hydrogens is 200 g/mol. The van der Waals surface area contributed by atoms with Gasteiger partial charge in [-0.3, -0.25) is 4.79 Å². The number of rotatable bonds is 4. The van der Waals surface area contributed by atoms with Crippen LogP contribution in [-0.2, 0) is 4.79 Å². The van der Waals surface area contributed by atoms with Crippen molar-refractivity contribution in [3.63, 3.8) is 0 Å². The lowest BCUT2D eigenvalue weighted by Gasteiger charge is -2.31. The molecule has 0 radical (unpaired) electrons. The Balaban J connectivity index is 2.04. The van der Waals surface area contributed by atoms with Crippen LogP contribution in [-0.4, -0.2) is 29.4 Å². The maximum absolute atomic E-state index is 12.5. The van der Waals surface area contributed by atoms with Gasteiger partial charge in [0.1, 0.15) is 0 Å². The maximum atomic E-state index is 12.5. The Hall–Kier alpha value is -0.570. The van der Waals surface area contributed by atoms with Crippen molar-refractivity contribution in [2.75, 3.05) is 6.54 Å². The molecule has 3 heteroatoms. The van der Waals surface area contributed by atoms with E-state index < -0.39 is 0 Å². The molecule has 2 rings (SSSR count). The standard InChI is InChI=1S/C13H24N2O/c1-9(2)15(11-6-7-11)13(16)12-5-3-4-10(12)8-14/h9-12H,3-8,14H2,1-2H3/t10-,12-/m1/s1. The van der Waals surface area contributed by atoms with E-state index in [9.17, 15) is 4.79 Å². The van der Waals surface area contributed by atoms with E-state index >= 15 is 0 Å². The number of hydrogen-bond acceptors (Lipinski definition) is 2. The van der Waals surface area contributed by atoms with Crippen LogP contribution in [0.15, 0.2) is 0 Å². The third-order valence-corrected chi connectivity index (χ3v) is 4.03. The highest BCUT2D eigenvalue weighted by Gasteiger charge is 2.40. The van der Waals surface area contributed by atoms with Crippen molar-refractivity contribution < 1.29 is 4.79 Å². The number of nitrogens with zero attached hydrogens (tertiary/aromatic N) is 1. The van der Waals surface area contributed by atoms with E-state index in [0.29, 0.717) is 30.5 Å². The lowest BCUT2D eigenvalue weighted by molar-refractivity contribution is -0.139. The molecule has 0 unspecified atom stereocenters. The largest absolute Gasteiger partial charge is 0.337 e. The zero-order valence-electron chi connectivity index (χ0n) is 10.5. The normalized spacial score (nSPS) is 29.8. The molecule has 0 aromatic rings. The van der Waals surface area contributed by atoms with Crippen molar-refractivity contribution in [1.29, 1.82) is 0 Å². The van der Waals surface area contributed by atoms with Gasteiger partial charge in [0.2, 0.25) is 5.91 Å². The van der Waals surface area contributed by atoms with Crippen LogP contribution < -0.4 is 5.73 Å². The molecule has 0 bridgehead atoms. The van der Waals surface area contributed by atoms with E-state index in [1.807, 2.05) is 0 Å². The number of carbonyl (C=O) groups is 1. The highest BCUT2D eigenvalue weighted by molar-refractivity contribution is 5.80. The fraction of sp³-hybridized carbons (Fsp3) is 0.923. The quantitative estimate of drug-likeness (QED) is 0.791. The third-order valence-electron chi connectivity index (χ3n) is 4.03. The third kappa shape index (κ3) is 2.24. The van der Waals surface area contributed by atoms with Crippen molar-refractivity contribution >= 4 is 5.91 Å². The smallest absolute Gasteiger partial charge is 0.226 e. The summed E-state index contributed by atoms with van der Waals surface area (Å²) in [5.41, 5.74) is 5.76. The molecule has 3 nitrogen and oxygen atoms in total. The summed E-state index contributed by atoms with van der Waals surface area (Å²) in [5, 5.41) is 0. The first kappa shape index (κ1) is 11.9. The van der Waals surface area contributed by atoms with Crippen LogP contribution in [0.2, 0.25) is 0 Å². The molecule has 0 aromatic carbocycles. The van der Waals surface area contributed by atoms with Gasteiger partial charge in [0.15, 0.2) is 0 Å². The van der Waals surface area contributed by atoms with Crippen LogP contribution >= 0.6 is 0 Å². The van der Waals surface area contributed by atoms with E-state index in [2.05, 4.69) is 18.7 Å². The van der Waals surface area contributed by atoms with Crippen LogP contribution in [0.1, 0.15) is 46.0 Å². The van der Waals surface area contributed by atoms with Crippen LogP contribution in [0.25, 0.3) is 0 Å². The second-order valence-electron chi connectivity index (χ2n) is 5.60. The van der Waals surface area contributed by atoms with Gasteiger partial charge in [-0.25, -0.2) is 0 Å². The Bertz CT molecular complexity index is 259. The summed E-state index contributed by atoms with van der Waals surface area (Å²) in [6, 6.07) is 0.880. The molecule has 0 spiro atoms. The Morgan fingerprint density at radius 3 is 2.50 bits per heavy atom. The van der Waals surface area contributed by atoms with Crippen molar-refractivity contribution in [3.05, 3.63) is 0 Å². The Morgan fingerprint density at radius 2 is 2.00 bits per heavy atom. The summed E-state index contributed by atoms with van der Waals surface area (Å²) in [6.45, 7) is 4.93. The first-order valence-corrected chi connectivity index (χ1v) is 6.67. The topological polar surface area (TPSA) is 46.3 Å². The molecule has 2 N–H and O–H groups in total. The SMILES string of the molecule is CC(C)N(C(=O)[C@@H]1CCC[C@@H]1CN)C1CC1. The van der Waals surface area contributed by atoms with Gasteiger partial charge in [-0.05, 0) is 52.0 Å². The number of hydrogen-bond donors (Lipinski definition) is 1. The molecule has 0 heterocycles. The maximum Gasteiger partial charge on any atom is 0.226 e. The second-order valence-corrected chi connectivity index (χ2v) is 5.60. The van der Waals surface area contributed by atoms with Crippen molar-refractivity contribution in [1.82, 2.24) is 4.90 Å². The molecule has 0 aliphatic heterocycles. The zero-order chi connectivity index (χ0) is 11.7. The van der Waals surface area contributed by atoms with Gasteiger partial charge in [-0.2, -0.15) is 0 Å². The minimum atomic E-state index is 0.216. The van der Waals surface area contributed by atoms with Crippen molar-refractivity contribution in [2.24, 2.45) is 17.6 Å². The Morgan fingerprint density at radius 1 is 1.31 bits per heavy atom. The predicted octanol–water partition coefficient (Wildman–Crippen LogP) is 1.76. The average molecular weight is 224 g/mol. The van der Waals surface area contributed by atoms with E-state index in [-0.39, 0.29) is 5.92 Å². The average Bonchev–Trinajstić information content (AvgIpc) is 2.95. The molecule has 1 amide bonds. The van der Waals surface area contributed by atoms with Crippen molar-refractivity contribution in [2.45, 2.75) is 58.0 Å². The lowest BCUT2D eigenvalue weighted by Crippen LogP contribution is -2.44. The number of carbonyl (C=O) groups excluding carboxylic acids is 1. The van der Waals surface area contributed by atoms with E-state index in [4.69, 9.17) is 5.73 Å². The molecular formula is C13H24N2O. The Labute approximate surface area is 98.4 Å². The monoisotopic (exact) mass is 224 g/mol. The summed E-state index contributed by atoms with van der Waals surface area (Å²) >= 11 is 0. The van der Waals surface area contributed by atoms with E-state index in [1.165, 1.54) is 19.3 Å². The van der Waals surface area contributed by atoms with E-state index in [1.54, 1.807) is 0 Å². The Kier molecular flexibility index (Phi) is 3.53. The summed E-state index contributed by atoms with van der Waals surface area (Å²) in [5.74, 6) is 1.03. The molecule has 2 fully saturated rings. The minimum absolute atomic E-state index is 0.216. The van der Waals surface area contributed by atoms with Gasteiger partial charge in [0, 0.05) is 18.0 Å². The van der Waals surface area contributed by atoms with Crippen LogP contribution in [0.5, 0.6) is 0 Å². The van der Waals surface area contributed by atoms with Gasteiger partial charge in [0.05, 0.1) is 0 Å². The van der Waals surface area contributed by atoms with Gasteiger partial charge in [-0.15, -0.1) is 0 Å². The lowest BCUT2D eigenvalue weighted by atomic mass is 9.94.